The van der Waals surface area contributed by atoms with Crippen LogP contribution in [0.25, 0.3) is 0 Å². The molecular formula is C21H35IN4O3. The van der Waals surface area contributed by atoms with Crippen LogP contribution in [0.1, 0.15) is 40.2 Å². The number of nitrogens with one attached hydrogen (secondary N) is 1. The van der Waals surface area contributed by atoms with Gasteiger partial charge in [0.1, 0.15) is 0 Å². The van der Waals surface area contributed by atoms with Crippen LogP contribution in [0.5, 0.6) is 11.5 Å². The van der Waals surface area contributed by atoms with Gasteiger partial charge in [0, 0.05) is 32.1 Å². The number of aliphatic imine (C=N–C) groups is 1. The molecule has 0 bridgehead atoms. The van der Waals surface area contributed by atoms with Gasteiger partial charge in [-0.05, 0) is 38.5 Å². The second kappa shape index (κ2) is 11.5. The van der Waals surface area contributed by atoms with Crippen LogP contribution in [0.15, 0.2) is 23.2 Å². The number of likely N-dealkylation sites (N-methyl/N-ethyl adjacent to an activating group) is 2. The molecule has 0 aromatic heterocycles. The van der Waals surface area contributed by atoms with Crippen LogP contribution in [0.4, 0.5) is 0 Å². The molecule has 0 fully saturated rings. The van der Waals surface area contributed by atoms with E-state index >= 15 is 0 Å². The fraction of sp³-hybridized carbons (Fsp3) is 0.619. The van der Waals surface area contributed by atoms with Crippen LogP contribution in [-0.2, 0) is 10.2 Å². The molecule has 0 unspecified atom stereocenters. The van der Waals surface area contributed by atoms with Crippen molar-refractivity contribution < 1.29 is 14.3 Å². The molecule has 164 valence electrons. The molecule has 0 atom stereocenters. The third kappa shape index (κ3) is 6.65. The van der Waals surface area contributed by atoms with Crippen molar-refractivity contribution in [1.29, 1.82) is 0 Å². The molecule has 0 aliphatic carbocycles. The summed E-state index contributed by atoms with van der Waals surface area (Å²) >= 11 is 0. The molecule has 0 saturated heterocycles. The number of guanidine groups is 1. The van der Waals surface area contributed by atoms with E-state index in [4.69, 9.17) is 14.5 Å². The number of rotatable bonds is 8. The second-order valence-electron chi connectivity index (χ2n) is 7.54. The second-order valence-corrected chi connectivity index (χ2v) is 7.54. The lowest BCUT2D eigenvalue weighted by Crippen LogP contribution is -2.46. The van der Waals surface area contributed by atoms with E-state index in [1.807, 2.05) is 49.8 Å². The van der Waals surface area contributed by atoms with E-state index in [-0.39, 0.29) is 42.1 Å². The molecule has 1 amide bonds. The first-order valence-electron chi connectivity index (χ1n) is 9.99. The fourth-order valence-corrected chi connectivity index (χ4v) is 3.11. The van der Waals surface area contributed by atoms with Gasteiger partial charge in [-0.2, -0.15) is 0 Å². The van der Waals surface area contributed by atoms with E-state index in [9.17, 15) is 4.79 Å². The Bertz CT molecular complexity index is 705. The third-order valence-corrected chi connectivity index (χ3v) is 4.96. The Kier molecular flexibility index (Phi) is 10.0. The number of ether oxygens (including phenoxy) is 2. The Labute approximate surface area is 191 Å². The highest BCUT2D eigenvalue weighted by Gasteiger charge is 2.24. The zero-order valence-electron chi connectivity index (χ0n) is 18.4. The number of benzene rings is 1. The molecule has 0 radical (unpaired) electrons. The van der Waals surface area contributed by atoms with Gasteiger partial charge in [-0.25, -0.2) is 0 Å². The number of hydrogen-bond acceptors (Lipinski definition) is 4. The molecule has 1 heterocycles. The quantitative estimate of drug-likeness (QED) is 0.326. The molecule has 1 aromatic carbocycles. The first-order valence-corrected chi connectivity index (χ1v) is 9.99. The number of carbonyl (C=O) groups is 1. The summed E-state index contributed by atoms with van der Waals surface area (Å²) in [6, 6.07) is 6.03. The summed E-state index contributed by atoms with van der Waals surface area (Å²) in [5.74, 6) is 2.40. The van der Waals surface area contributed by atoms with Gasteiger partial charge in [-0.1, -0.05) is 19.9 Å². The van der Waals surface area contributed by atoms with E-state index in [0.29, 0.717) is 26.2 Å². The smallest absolute Gasteiger partial charge is 0.242 e. The van der Waals surface area contributed by atoms with Gasteiger partial charge in [-0.15, -0.1) is 24.0 Å². The van der Waals surface area contributed by atoms with Crippen molar-refractivity contribution in [3.63, 3.8) is 0 Å². The molecule has 0 spiro atoms. The lowest BCUT2D eigenvalue weighted by Gasteiger charge is -2.28. The van der Waals surface area contributed by atoms with Gasteiger partial charge in [0.2, 0.25) is 12.7 Å². The van der Waals surface area contributed by atoms with E-state index in [0.717, 1.165) is 29.6 Å². The summed E-state index contributed by atoms with van der Waals surface area (Å²) in [5.41, 5.74) is 0.948. The number of hydrogen-bond donors (Lipinski definition) is 1. The van der Waals surface area contributed by atoms with Crippen molar-refractivity contribution in [2.75, 3.05) is 46.6 Å². The maximum absolute atomic E-state index is 12.4. The van der Waals surface area contributed by atoms with Gasteiger partial charge in [0.15, 0.2) is 17.5 Å². The van der Waals surface area contributed by atoms with Crippen molar-refractivity contribution >= 4 is 35.8 Å². The van der Waals surface area contributed by atoms with Gasteiger partial charge >= 0.3 is 0 Å². The number of nitrogens with zero attached hydrogens (tertiary/aromatic N) is 3. The molecule has 1 N–H and O–H groups in total. The summed E-state index contributed by atoms with van der Waals surface area (Å²) in [6.07, 6.45) is 0. The monoisotopic (exact) mass is 518 g/mol. The largest absolute Gasteiger partial charge is 0.454 e. The molecule has 0 saturated carbocycles. The van der Waals surface area contributed by atoms with Crippen molar-refractivity contribution in [1.82, 2.24) is 15.1 Å². The Morgan fingerprint density at radius 1 is 1.17 bits per heavy atom. The minimum Gasteiger partial charge on any atom is -0.454 e. The molecule has 2 rings (SSSR count). The van der Waals surface area contributed by atoms with E-state index in [1.54, 1.807) is 0 Å². The predicted octanol–water partition coefficient (Wildman–Crippen LogP) is 3.08. The van der Waals surface area contributed by atoms with Crippen LogP contribution in [0.2, 0.25) is 0 Å². The summed E-state index contributed by atoms with van der Waals surface area (Å²) in [7, 11) is 1.90. The molecule has 1 aliphatic rings. The average Bonchev–Trinajstić information content (AvgIpc) is 3.13. The molecule has 7 nitrogen and oxygen atoms in total. The van der Waals surface area contributed by atoms with Gasteiger partial charge < -0.3 is 24.6 Å². The topological polar surface area (TPSA) is 66.4 Å². The Morgan fingerprint density at radius 3 is 2.45 bits per heavy atom. The summed E-state index contributed by atoms with van der Waals surface area (Å²) in [6.45, 7) is 13.7. The number of carbonyl (C=O) groups excluding carboxylic acids is 1. The lowest BCUT2D eigenvalue weighted by molar-refractivity contribution is -0.131. The summed E-state index contributed by atoms with van der Waals surface area (Å²) in [4.78, 5) is 21.0. The van der Waals surface area contributed by atoms with E-state index < -0.39 is 0 Å². The minimum absolute atomic E-state index is 0. The molecule has 8 heteroatoms. The van der Waals surface area contributed by atoms with E-state index in [2.05, 4.69) is 25.2 Å². The van der Waals surface area contributed by atoms with Crippen molar-refractivity contribution in [2.45, 2.75) is 40.0 Å². The van der Waals surface area contributed by atoms with Gasteiger partial charge in [-0.3, -0.25) is 9.79 Å². The van der Waals surface area contributed by atoms with E-state index in [1.165, 1.54) is 0 Å². The highest BCUT2D eigenvalue weighted by atomic mass is 127. The highest BCUT2D eigenvalue weighted by molar-refractivity contribution is 14.0. The average molecular weight is 518 g/mol. The number of amides is 1. The van der Waals surface area contributed by atoms with Gasteiger partial charge in [0.05, 0.1) is 13.1 Å². The highest BCUT2D eigenvalue weighted by Crippen LogP contribution is 2.36. The maximum Gasteiger partial charge on any atom is 0.242 e. The van der Waals surface area contributed by atoms with Crippen LogP contribution in [-0.4, -0.2) is 68.2 Å². The molecular weight excluding hydrogens is 483 g/mol. The van der Waals surface area contributed by atoms with Crippen LogP contribution in [0, 0.1) is 0 Å². The first kappa shape index (κ1) is 25.3. The Balaban J connectivity index is 0.00000420. The minimum atomic E-state index is -0.189. The van der Waals surface area contributed by atoms with Gasteiger partial charge in [0.25, 0.3) is 0 Å². The zero-order valence-corrected chi connectivity index (χ0v) is 20.8. The fourth-order valence-electron chi connectivity index (χ4n) is 3.11. The Hall–Kier alpha value is -1.71. The molecule has 29 heavy (non-hydrogen) atoms. The zero-order chi connectivity index (χ0) is 20.7. The SMILES string of the molecule is CCNC(=NCC(C)(C)c1ccc2c(c1)OCO2)N(C)CC(=O)N(CC)CC.I. The molecule has 1 aromatic rings. The lowest BCUT2D eigenvalue weighted by atomic mass is 9.84. The van der Waals surface area contributed by atoms with Crippen molar-refractivity contribution in [3.05, 3.63) is 23.8 Å². The van der Waals surface area contributed by atoms with Crippen LogP contribution < -0.4 is 14.8 Å². The van der Waals surface area contributed by atoms with Crippen LogP contribution >= 0.6 is 24.0 Å². The number of halogens is 1. The maximum atomic E-state index is 12.4. The summed E-state index contributed by atoms with van der Waals surface area (Å²) < 4.78 is 10.9. The first-order chi connectivity index (χ1) is 13.3. The van der Waals surface area contributed by atoms with Crippen molar-refractivity contribution in [3.8, 4) is 11.5 Å². The number of fused-ring (bicyclic) bond motifs is 1. The van der Waals surface area contributed by atoms with Crippen LogP contribution in [0.3, 0.4) is 0 Å². The van der Waals surface area contributed by atoms with Crippen molar-refractivity contribution in [2.24, 2.45) is 4.99 Å². The normalized spacial score (nSPS) is 13.0. The third-order valence-electron chi connectivity index (χ3n) is 4.96. The predicted molar refractivity (Wildman–Crippen MR) is 128 cm³/mol. The molecule has 1 aliphatic heterocycles. The Morgan fingerprint density at radius 2 is 1.83 bits per heavy atom. The standard InChI is InChI=1S/C21H34N4O3.HI/c1-7-22-20(24(6)13-19(26)25(8-2)9-3)23-14-21(4,5)16-10-11-17-18(12-16)28-15-27-17;/h10-12H,7-9,13-15H2,1-6H3,(H,22,23);1H. The summed E-state index contributed by atoms with van der Waals surface area (Å²) in [5, 5.41) is 3.29.